The Labute approximate surface area is 226 Å². The van der Waals surface area contributed by atoms with Crippen molar-refractivity contribution in [3.63, 3.8) is 0 Å². The Morgan fingerprint density at radius 1 is 0.949 bits per heavy atom. The zero-order chi connectivity index (χ0) is 27.5. The average molecular weight is 532 g/mol. The van der Waals surface area contributed by atoms with E-state index in [-0.39, 0.29) is 49.4 Å². The molecule has 0 radical (unpaired) electrons. The minimum atomic E-state index is -0.828. The summed E-state index contributed by atoms with van der Waals surface area (Å²) >= 11 is 0. The first kappa shape index (κ1) is 26.2. The van der Waals surface area contributed by atoms with Crippen LogP contribution in [0.2, 0.25) is 0 Å². The van der Waals surface area contributed by atoms with E-state index in [2.05, 4.69) is 5.32 Å². The summed E-state index contributed by atoms with van der Waals surface area (Å²) in [7, 11) is 1.67. The summed E-state index contributed by atoms with van der Waals surface area (Å²) in [5.74, 6) is -0.702. The number of hydrazine groups is 1. The van der Waals surface area contributed by atoms with E-state index in [1.807, 2.05) is 30.3 Å². The third kappa shape index (κ3) is 5.70. The molecule has 10 heteroatoms. The van der Waals surface area contributed by atoms with Crippen LogP contribution in [0, 0.1) is 5.82 Å². The topological polar surface area (TPSA) is 96.4 Å². The molecule has 2 saturated heterocycles. The number of phenolic OH excluding ortho intramolecular Hbond substituents is 1. The normalized spacial score (nSPS) is 19.7. The van der Waals surface area contributed by atoms with Crippen LogP contribution in [-0.2, 0) is 29.1 Å². The van der Waals surface area contributed by atoms with Crippen molar-refractivity contribution < 1.29 is 23.9 Å². The van der Waals surface area contributed by atoms with Crippen LogP contribution in [0.4, 0.5) is 9.18 Å². The second-order valence-electron chi connectivity index (χ2n) is 9.82. The molecule has 4 amide bonds. The molecule has 3 aromatic carbocycles. The summed E-state index contributed by atoms with van der Waals surface area (Å²) in [5, 5.41) is 15.6. The Balaban J connectivity index is 1.44. The number of benzene rings is 3. The lowest BCUT2D eigenvalue weighted by atomic mass is 9.98. The van der Waals surface area contributed by atoms with Gasteiger partial charge in [0.15, 0.2) is 0 Å². The number of amides is 4. The highest BCUT2D eigenvalue weighted by Crippen LogP contribution is 2.29. The largest absolute Gasteiger partial charge is 0.508 e. The number of carbonyl (C=O) groups excluding carboxylic acids is 3. The van der Waals surface area contributed by atoms with Crippen molar-refractivity contribution in [3.8, 4) is 5.75 Å². The summed E-state index contributed by atoms with van der Waals surface area (Å²) < 4.78 is 13.3. The molecule has 5 rings (SSSR count). The fourth-order valence-corrected chi connectivity index (χ4v) is 5.17. The number of hydrogen-bond donors (Lipinski definition) is 2. The highest BCUT2D eigenvalue weighted by atomic mass is 19.1. The molecular formula is C29H30FN5O4. The first-order chi connectivity index (χ1) is 18.8. The van der Waals surface area contributed by atoms with Gasteiger partial charge in [0.05, 0.1) is 13.1 Å². The minimum Gasteiger partial charge on any atom is -0.508 e. The number of likely N-dealkylation sites (N-methyl/N-ethyl adjacent to an activating group) is 1. The molecule has 9 nitrogen and oxygen atoms in total. The summed E-state index contributed by atoms with van der Waals surface area (Å²) in [6.45, 7) is 0.575. The number of piperazine rings is 1. The maximum atomic E-state index is 13.8. The molecule has 0 saturated carbocycles. The second-order valence-corrected chi connectivity index (χ2v) is 9.82. The van der Waals surface area contributed by atoms with Gasteiger partial charge >= 0.3 is 6.03 Å². The molecular weight excluding hydrogens is 501 g/mol. The summed E-state index contributed by atoms with van der Waals surface area (Å²) in [4.78, 5) is 43.9. The molecule has 0 aromatic heterocycles. The van der Waals surface area contributed by atoms with Crippen molar-refractivity contribution in [3.05, 3.63) is 101 Å². The Kier molecular flexibility index (Phi) is 7.47. The standard InChI is InChI=1S/C29H30FN5O4/c1-32-19-27(37)34-25(15-20-9-13-24(36)14-10-20)28(38)33(17-22-5-3-2-4-6-22)18-26(34)35(32)29(39)31-16-21-7-11-23(30)12-8-21/h2-14,25-26,36H,15-19H2,1H3,(H,31,39)/t25-,26-/m0/s1. The van der Waals surface area contributed by atoms with Crippen molar-refractivity contribution in [2.24, 2.45) is 0 Å². The van der Waals surface area contributed by atoms with E-state index in [0.717, 1.165) is 16.7 Å². The lowest BCUT2D eigenvalue weighted by molar-refractivity contribution is -0.187. The number of rotatable bonds is 6. The third-order valence-corrected chi connectivity index (χ3v) is 7.09. The van der Waals surface area contributed by atoms with Gasteiger partial charge in [-0.05, 0) is 41.0 Å². The van der Waals surface area contributed by atoms with Crippen LogP contribution in [-0.4, -0.2) is 75.1 Å². The highest BCUT2D eigenvalue weighted by molar-refractivity contribution is 5.91. The first-order valence-electron chi connectivity index (χ1n) is 12.7. The molecule has 0 spiro atoms. The van der Waals surface area contributed by atoms with E-state index < -0.39 is 18.2 Å². The molecule has 2 aliphatic rings. The molecule has 2 atom stereocenters. The fourth-order valence-electron chi connectivity index (χ4n) is 5.17. The second kappa shape index (κ2) is 11.1. The predicted octanol–water partition coefficient (Wildman–Crippen LogP) is 2.71. The zero-order valence-corrected chi connectivity index (χ0v) is 21.5. The fraction of sp³-hybridized carbons (Fsp3) is 0.276. The number of nitrogens with zero attached hydrogens (tertiary/aromatic N) is 4. The molecule has 2 heterocycles. The molecule has 2 fully saturated rings. The molecule has 2 N–H and O–H groups in total. The molecule has 0 bridgehead atoms. The van der Waals surface area contributed by atoms with Crippen LogP contribution < -0.4 is 5.32 Å². The Morgan fingerprint density at radius 3 is 2.31 bits per heavy atom. The van der Waals surface area contributed by atoms with Gasteiger partial charge < -0.3 is 20.2 Å². The van der Waals surface area contributed by atoms with Crippen LogP contribution in [0.15, 0.2) is 78.9 Å². The first-order valence-corrected chi connectivity index (χ1v) is 12.7. The number of phenols is 1. The van der Waals surface area contributed by atoms with E-state index in [9.17, 15) is 23.9 Å². The van der Waals surface area contributed by atoms with E-state index in [0.29, 0.717) is 6.54 Å². The van der Waals surface area contributed by atoms with Gasteiger partial charge in [-0.3, -0.25) is 9.59 Å². The van der Waals surface area contributed by atoms with Gasteiger partial charge in [0.25, 0.3) is 0 Å². The third-order valence-electron chi connectivity index (χ3n) is 7.09. The van der Waals surface area contributed by atoms with Crippen LogP contribution in [0.25, 0.3) is 0 Å². The van der Waals surface area contributed by atoms with Gasteiger partial charge in [-0.1, -0.05) is 54.6 Å². The Bertz CT molecular complexity index is 1340. The molecule has 202 valence electrons. The number of nitrogens with one attached hydrogen (secondary N) is 1. The number of hydrogen-bond acceptors (Lipinski definition) is 5. The van der Waals surface area contributed by atoms with E-state index >= 15 is 0 Å². The molecule has 39 heavy (non-hydrogen) atoms. The lowest BCUT2D eigenvalue weighted by Gasteiger charge is -2.54. The van der Waals surface area contributed by atoms with Crippen LogP contribution in [0.3, 0.4) is 0 Å². The van der Waals surface area contributed by atoms with Gasteiger partial charge in [-0.15, -0.1) is 0 Å². The number of halogens is 1. The highest BCUT2D eigenvalue weighted by Gasteiger charge is 2.50. The van der Waals surface area contributed by atoms with Gasteiger partial charge in [-0.2, -0.15) is 0 Å². The number of carbonyl (C=O) groups is 3. The molecule has 0 aliphatic carbocycles. The summed E-state index contributed by atoms with van der Waals surface area (Å²) in [5.41, 5.74) is 2.45. The summed E-state index contributed by atoms with van der Waals surface area (Å²) in [6, 6.07) is 20.7. The lowest BCUT2D eigenvalue weighted by Crippen LogP contribution is -2.76. The van der Waals surface area contributed by atoms with E-state index in [1.165, 1.54) is 22.0 Å². The molecule has 3 aromatic rings. The van der Waals surface area contributed by atoms with Crippen molar-refractivity contribution >= 4 is 17.8 Å². The predicted molar refractivity (Wildman–Crippen MR) is 141 cm³/mol. The van der Waals surface area contributed by atoms with Gasteiger partial charge in [-0.25, -0.2) is 19.2 Å². The van der Waals surface area contributed by atoms with Crippen LogP contribution >= 0.6 is 0 Å². The zero-order valence-electron chi connectivity index (χ0n) is 21.5. The van der Waals surface area contributed by atoms with Crippen LogP contribution in [0.5, 0.6) is 5.75 Å². The SMILES string of the molecule is CN1CC(=O)N2[C@@H](Cc3ccc(O)cc3)C(=O)N(Cc3ccccc3)C[C@@H]2N1C(=O)NCc1ccc(F)cc1. The number of aromatic hydroxyl groups is 1. The molecule has 0 unspecified atom stereocenters. The Hall–Kier alpha value is -4.44. The smallest absolute Gasteiger partial charge is 0.334 e. The van der Waals surface area contributed by atoms with Crippen LogP contribution in [0.1, 0.15) is 16.7 Å². The monoisotopic (exact) mass is 531 g/mol. The minimum absolute atomic E-state index is 0.0709. The maximum Gasteiger partial charge on any atom is 0.334 e. The van der Waals surface area contributed by atoms with E-state index in [1.54, 1.807) is 53.4 Å². The van der Waals surface area contributed by atoms with Crippen molar-refractivity contribution in [1.82, 2.24) is 25.1 Å². The van der Waals surface area contributed by atoms with Crippen molar-refractivity contribution in [2.45, 2.75) is 31.7 Å². The number of urea groups is 1. The quantitative estimate of drug-likeness (QED) is 0.510. The number of fused-ring (bicyclic) bond motifs is 1. The maximum absolute atomic E-state index is 13.8. The van der Waals surface area contributed by atoms with Gasteiger partial charge in [0, 0.05) is 26.6 Å². The van der Waals surface area contributed by atoms with E-state index in [4.69, 9.17) is 0 Å². The Morgan fingerprint density at radius 2 is 1.62 bits per heavy atom. The molecule has 2 aliphatic heterocycles. The van der Waals surface area contributed by atoms with Gasteiger partial charge in [0.1, 0.15) is 23.8 Å². The summed E-state index contributed by atoms with van der Waals surface area (Å²) in [6.07, 6.45) is -0.491. The average Bonchev–Trinajstić information content (AvgIpc) is 2.92. The van der Waals surface area contributed by atoms with Crippen molar-refractivity contribution in [1.29, 1.82) is 0 Å². The van der Waals surface area contributed by atoms with Gasteiger partial charge in [0.2, 0.25) is 11.8 Å². The van der Waals surface area contributed by atoms with Crippen molar-refractivity contribution in [2.75, 3.05) is 20.1 Å².